The number of nitrogens with one attached hydrogen (secondary N) is 1. The molecule has 0 unspecified atom stereocenters. The number of rotatable bonds is 4. The van der Waals surface area contributed by atoms with E-state index in [1.807, 2.05) is 18.2 Å². The summed E-state index contributed by atoms with van der Waals surface area (Å²) in [5.41, 5.74) is 0.916. The van der Waals surface area contributed by atoms with Gasteiger partial charge in [0, 0.05) is 44.7 Å². The summed E-state index contributed by atoms with van der Waals surface area (Å²) in [7, 11) is 0. The fourth-order valence-electron chi connectivity index (χ4n) is 3.88. The average molecular weight is 381 g/mol. The van der Waals surface area contributed by atoms with E-state index in [2.05, 4.69) is 17.1 Å². The van der Waals surface area contributed by atoms with Crippen molar-refractivity contribution in [2.24, 2.45) is 0 Å². The fourth-order valence-corrected chi connectivity index (χ4v) is 3.88. The SMILES string of the molecule is O=C1OC2(CCN(C(=O)c3ccc(=O)[nH]c3)CC2)CN1CCc1ccccc1. The lowest BCUT2D eigenvalue weighted by atomic mass is 9.91. The number of ether oxygens (including phenoxy) is 1. The van der Waals surface area contributed by atoms with Gasteiger partial charge in [0.2, 0.25) is 5.56 Å². The molecule has 1 aromatic carbocycles. The molecular formula is C21H23N3O4. The largest absolute Gasteiger partial charge is 0.441 e. The molecule has 2 aliphatic rings. The molecule has 7 nitrogen and oxygen atoms in total. The van der Waals surface area contributed by atoms with E-state index in [0.29, 0.717) is 44.6 Å². The number of pyridine rings is 1. The monoisotopic (exact) mass is 381 g/mol. The highest BCUT2D eigenvalue weighted by Crippen LogP contribution is 2.33. The number of H-pyrrole nitrogens is 1. The zero-order chi connectivity index (χ0) is 19.6. The molecule has 146 valence electrons. The molecule has 1 aromatic heterocycles. The summed E-state index contributed by atoms with van der Waals surface area (Å²) in [4.78, 5) is 42.1. The number of aromatic nitrogens is 1. The summed E-state index contributed by atoms with van der Waals surface area (Å²) >= 11 is 0. The second-order valence-corrected chi connectivity index (χ2v) is 7.44. The summed E-state index contributed by atoms with van der Waals surface area (Å²) in [6, 6.07) is 13.0. The molecule has 0 bridgehead atoms. The first kappa shape index (κ1) is 18.3. The number of hydrogen-bond acceptors (Lipinski definition) is 4. The normalized spacial score (nSPS) is 18.4. The molecule has 2 saturated heterocycles. The van der Waals surface area contributed by atoms with E-state index in [9.17, 15) is 14.4 Å². The molecule has 2 aromatic rings. The van der Waals surface area contributed by atoms with Crippen LogP contribution in [-0.2, 0) is 11.2 Å². The van der Waals surface area contributed by atoms with Gasteiger partial charge in [0.25, 0.3) is 5.91 Å². The Labute approximate surface area is 162 Å². The third-order valence-electron chi connectivity index (χ3n) is 5.55. The van der Waals surface area contributed by atoms with E-state index in [1.54, 1.807) is 9.80 Å². The van der Waals surface area contributed by atoms with Crippen LogP contribution in [-0.4, -0.2) is 58.6 Å². The van der Waals surface area contributed by atoms with Crippen LogP contribution in [0.1, 0.15) is 28.8 Å². The zero-order valence-corrected chi connectivity index (χ0v) is 15.6. The minimum Gasteiger partial charge on any atom is -0.441 e. The van der Waals surface area contributed by atoms with E-state index in [4.69, 9.17) is 4.74 Å². The molecule has 2 aliphatic heterocycles. The van der Waals surface area contributed by atoms with Gasteiger partial charge in [0.05, 0.1) is 12.1 Å². The molecule has 1 N–H and O–H groups in total. The van der Waals surface area contributed by atoms with Crippen LogP contribution in [0.3, 0.4) is 0 Å². The van der Waals surface area contributed by atoms with Crippen LogP contribution < -0.4 is 5.56 Å². The van der Waals surface area contributed by atoms with Gasteiger partial charge >= 0.3 is 6.09 Å². The number of benzene rings is 1. The zero-order valence-electron chi connectivity index (χ0n) is 15.6. The van der Waals surface area contributed by atoms with Gasteiger partial charge in [-0.3, -0.25) is 9.59 Å². The Morgan fingerprint density at radius 2 is 1.82 bits per heavy atom. The first-order chi connectivity index (χ1) is 13.5. The minimum absolute atomic E-state index is 0.114. The van der Waals surface area contributed by atoms with Crippen LogP contribution in [0.25, 0.3) is 0 Å². The number of amides is 2. The molecule has 0 radical (unpaired) electrons. The van der Waals surface area contributed by atoms with Gasteiger partial charge in [-0.2, -0.15) is 0 Å². The summed E-state index contributed by atoms with van der Waals surface area (Å²) in [6.07, 6.45) is 3.21. The molecule has 2 amide bonds. The van der Waals surface area contributed by atoms with Gasteiger partial charge in [0.1, 0.15) is 5.60 Å². The van der Waals surface area contributed by atoms with Crippen molar-refractivity contribution in [1.29, 1.82) is 0 Å². The van der Waals surface area contributed by atoms with Crippen molar-refractivity contribution in [3.8, 4) is 0 Å². The molecule has 4 rings (SSSR count). The molecule has 0 aliphatic carbocycles. The number of aromatic amines is 1. The quantitative estimate of drug-likeness (QED) is 0.879. The number of likely N-dealkylation sites (tertiary alicyclic amines) is 1. The lowest BCUT2D eigenvalue weighted by Gasteiger charge is -2.37. The third-order valence-corrected chi connectivity index (χ3v) is 5.55. The maximum atomic E-state index is 12.6. The molecule has 7 heteroatoms. The van der Waals surface area contributed by atoms with Crippen molar-refractivity contribution in [1.82, 2.24) is 14.8 Å². The molecule has 2 fully saturated rings. The van der Waals surface area contributed by atoms with E-state index in [1.165, 1.54) is 23.9 Å². The highest BCUT2D eigenvalue weighted by atomic mass is 16.6. The van der Waals surface area contributed by atoms with Crippen molar-refractivity contribution in [2.45, 2.75) is 24.9 Å². The Morgan fingerprint density at radius 1 is 1.07 bits per heavy atom. The molecular weight excluding hydrogens is 358 g/mol. The Morgan fingerprint density at radius 3 is 2.50 bits per heavy atom. The van der Waals surface area contributed by atoms with E-state index >= 15 is 0 Å². The standard InChI is InChI=1S/C21H23N3O4/c25-18-7-6-17(14-22-18)19(26)23-12-9-21(10-13-23)15-24(20(27)28-21)11-8-16-4-2-1-3-5-16/h1-7,14H,8-13,15H2,(H,22,25). The summed E-state index contributed by atoms with van der Waals surface area (Å²) in [5, 5.41) is 0. The fraction of sp³-hybridized carbons (Fsp3) is 0.381. The molecule has 3 heterocycles. The van der Waals surface area contributed by atoms with Crippen LogP contribution in [0.4, 0.5) is 4.79 Å². The van der Waals surface area contributed by atoms with Gasteiger partial charge in [-0.25, -0.2) is 4.79 Å². The van der Waals surface area contributed by atoms with Gasteiger partial charge in [0.15, 0.2) is 0 Å². The highest BCUT2D eigenvalue weighted by molar-refractivity contribution is 5.94. The third kappa shape index (κ3) is 3.78. The Hall–Kier alpha value is -3.09. The Kier molecular flexibility index (Phi) is 4.90. The van der Waals surface area contributed by atoms with Crippen molar-refractivity contribution in [3.05, 3.63) is 70.1 Å². The topological polar surface area (TPSA) is 82.7 Å². The molecule has 0 atom stereocenters. The van der Waals surface area contributed by atoms with Crippen molar-refractivity contribution >= 4 is 12.0 Å². The number of nitrogens with zero attached hydrogens (tertiary/aromatic N) is 2. The van der Waals surface area contributed by atoms with Crippen LogP contribution in [0.15, 0.2) is 53.5 Å². The van der Waals surface area contributed by atoms with Gasteiger partial charge in [-0.1, -0.05) is 30.3 Å². The smallest absolute Gasteiger partial charge is 0.410 e. The Balaban J connectivity index is 1.33. The number of hydrogen-bond donors (Lipinski definition) is 1. The summed E-state index contributed by atoms with van der Waals surface area (Å²) < 4.78 is 5.74. The van der Waals surface area contributed by atoms with E-state index in [0.717, 1.165) is 6.42 Å². The predicted molar refractivity (Wildman–Crippen MR) is 103 cm³/mol. The van der Waals surface area contributed by atoms with E-state index in [-0.39, 0.29) is 17.6 Å². The van der Waals surface area contributed by atoms with Gasteiger partial charge in [-0.15, -0.1) is 0 Å². The van der Waals surface area contributed by atoms with Gasteiger partial charge < -0.3 is 19.5 Å². The maximum Gasteiger partial charge on any atom is 0.410 e. The van der Waals surface area contributed by atoms with Crippen LogP contribution in [0.5, 0.6) is 0 Å². The number of carbonyl (C=O) groups is 2. The lowest BCUT2D eigenvalue weighted by molar-refractivity contribution is 0.00313. The Bertz CT molecular complexity index is 896. The van der Waals surface area contributed by atoms with Crippen molar-refractivity contribution < 1.29 is 14.3 Å². The molecule has 0 saturated carbocycles. The average Bonchev–Trinajstić information content (AvgIpc) is 3.02. The first-order valence-electron chi connectivity index (χ1n) is 9.55. The van der Waals surface area contributed by atoms with Crippen molar-refractivity contribution in [2.75, 3.05) is 26.2 Å². The number of piperidine rings is 1. The van der Waals surface area contributed by atoms with E-state index < -0.39 is 5.60 Å². The number of carbonyl (C=O) groups excluding carboxylic acids is 2. The van der Waals surface area contributed by atoms with Crippen LogP contribution in [0.2, 0.25) is 0 Å². The minimum atomic E-state index is -0.504. The summed E-state index contributed by atoms with van der Waals surface area (Å²) in [6.45, 7) is 2.25. The first-order valence-corrected chi connectivity index (χ1v) is 9.55. The van der Waals surface area contributed by atoms with Crippen LogP contribution >= 0.6 is 0 Å². The highest BCUT2D eigenvalue weighted by Gasteiger charge is 2.47. The van der Waals surface area contributed by atoms with Gasteiger partial charge in [-0.05, 0) is 18.1 Å². The van der Waals surface area contributed by atoms with Crippen molar-refractivity contribution in [3.63, 3.8) is 0 Å². The molecule has 28 heavy (non-hydrogen) atoms. The lowest BCUT2D eigenvalue weighted by Crippen LogP contribution is -2.48. The van der Waals surface area contributed by atoms with Crippen LogP contribution in [0, 0.1) is 0 Å². The summed E-state index contributed by atoms with van der Waals surface area (Å²) in [5.74, 6) is -0.114. The molecule has 1 spiro atoms. The predicted octanol–water partition coefficient (Wildman–Crippen LogP) is 2.04. The second kappa shape index (κ2) is 7.50. The maximum absolute atomic E-state index is 12.6. The second-order valence-electron chi connectivity index (χ2n) is 7.44.